The van der Waals surface area contributed by atoms with Crippen LogP contribution in [0.3, 0.4) is 0 Å². The largest absolute Gasteiger partial charge is 0.388 e. The molecular formula is C13H27NO. The highest BCUT2D eigenvalue weighted by molar-refractivity contribution is 4.88. The minimum Gasteiger partial charge on any atom is -0.388 e. The second kappa shape index (κ2) is 11.7. The molecule has 15 heavy (non-hydrogen) atoms. The first-order valence-corrected chi connectivity index (χ1v) is 6.36. The fourth-order valence-corrected chi connectivity index (χ4v) is 1.55. The van der Waals surface area contributed by atoms with Gasteiger partial charge in [-0.2, -0.15) is 0 Å². The third kappa shape index (κ3) is 11.6. The summed E-state index contributed by atoms with van der Waals surface area (Å²) >= 11 is 0. The fourth-order valence-electron chi connectivity index (χ4n) is 1.55. The molecule has 0 heterocycles. The van der Waals surface area contributed by atoms with E-state index in [1.165, 1.54) is 44.9 Å². The van der Waals surface area contributed by atoms with E-state index in [0.717, 1.165) is 6.42 Å². The molecule has 0 amide bonds. The lowest BCUT2D eigenvalue weighted by atomic mass is 10.1. The van der Waals surface area contributed by atoms with Crippen LogP contribution in [0.25, 0.3) is 0 Å². The van der Waals surface area contributed by atoms with Crippen LogP contribution in [-0.4, -0.2) is 17.8 Å². The predicted octanol–water partition coefficient (Wildman–Crippen LogP) is 3.00. The normalized spacial score (nSPS) is 13.5. The van der Waals surface area contributed by atoms with E-state index in [0.29, 0.717) is 6.54 Å². The summed E-state index contributed by atoms with van der Waals surface area (Å²) in [5.74, 6) is 0. The van der Waals surface area contributed by atoms with Crippen LogP contribution in [0.2, 0.25) is 0 Å². The molecule has 0 fully saturated rings. The smallest absolute Gasteiger partial charge is 0.0843 e. The van der Waals surface area contributed by atoms with Crippen molar-refractivity contribution in [2.24, 2.45) is 5.73 Å². The van der Waals surface area contributed by atoms with Gasteiger partial charge in [0.25, 0.3) is 0 Å². The number of nitrogens with two attached hydrogens (primary N) is 1. The molecule has 0 aliphatic heterocycles. The Balaban J connectivity index is 3.07. The molecule has 0 saturated carbocycles. The average molecular weight is 213 g/mol. The van der Waals surface area contributed by atoms with Crippen molar-refractivity contribution in [1.29, 1.82) is 0 Å². The topological polar surface area (TPSA) is 46.2 Å². The maximum absolute atomic E-state index is 9.15. The van der Waals surface area contributed by atoms with Gasteiger partial charge in [0.05, 0.1) is 6.10 Å². The number of hydrogen-bond acceptors (Lipinski definition) is 2. The van der Waals surface area contributed by atoms with Crippen LogP contribution in [0.4, 0.5) is 0 Å². The summed E-state index contributed by atoms with van der Waals surface area (Å²) in [6, 6.07) is 0. The van der Waals surface area contributed by atoms with Crippen molar-refractivity contribution in [3.05, 3.63) is 12.2 Å². The van der Waals surface area contributed by atoms with E-state index in [2.05, 4.69) is 6.92 Å². The number of unbranched alkanes of at least 4 members (excludes halogenated alkanes) is 7. The second-order valence-electron chi connectivity index (χ2n) is 4.14. The van der Waals surface area contributed by atoms with Crippen LogP contribution in [0, 0.1) is 0 Å². The third-order valence-electron chi connectivity index (χ3n) is 2.57. The summed E-state index contributed by atoms with van der Waals surface area (Å²) in [7, 11) is 0. The lowest BCUT2D eigenvalue weighted by Gasteiger charge is -2.00. The van der Waals surface area contributed by atoms with Gasteiger partial charge in [-0.3, -0.25) is 0 Å². The van der Waals surface area contributed by atoms with Gasteiger partial charge in [0.15, 0.2) is 0 Å². The summed E-state index contributed by atoms with van der Waals surface area (Å²) in [6.45, 7) is 2.57. The molecule has 0 radical (unpaired) electrons. The molecule has 3 N–H and O–H groups in total. The summed E-state index contributed by atoms with van der Waals surface area (Å²) in [5.41, 5.74) is 5.28. The molecule has 0 rings (SSSR count). The maximum Gasteiger partial charge on any atom is 0.0843 e. The molecule has 2 heteroatoms. The Kier molecular flexibility index (Phi) is 11.5. The SMILES string of the molecule is CCCCCCCCC/C=C/[C@@H](O)CN. The van der Waals surface area contributed by atoms with Crippen molar-refractivity contribution < 1.29 is 5.11 Å². The number of aliphatic hydroxyl groups is 1. The minimum absolute atomic E-state index is 0.327. The van der Waals surface area contributed by atoms with Gasteiger partial charge in [0.2, 0.25) is 0 Å². The number of aliphatic hydroxyl groups excluding tert-OH is 1. The first-order valence-electron chi connectivity index (χ1n) is 6.36. The summed E-state index contributed by atoms with van der Waals surface area (Å²) in [5, 5.41) is 9.15. The molecule has 0 aromatic heterocycles. The molecule has 0 aromatic rings. The van der Waals surface area contributed by atoms with Gasteiger partial charge in [0.1, 0.15) is 0 Å². The highest BCUT2D eigenvalue weighted by atomic mass is 16.3. The van der Waals surface area contributed by atoms with Gasteiger partial charge in [-0.1, -0.05) is 57.6 Å². The summed E-state index contributed by atoms with van der Waals surface area (Å²) < 4.78 is 0. The maximum atomic E-state index is 9.15. The van der Waals surface area contributed by atoms with E-state index in [9.17, 15) is 0 Å². The van der Waals surface area contributed by atoms with Crippen LogP contribution >= 0.6 is 0 Å². The van der Waals surface area contributed by atoms with Crippen molar-refractivity contribution in [2.75, 3.05) is 6.54 Å². The van der Waals surface area contributed by atoms with Gasteiger partial charge in [-0.25, -0.2) is 0 Å². The molecule has 0 saturated heterocycles. The van der Waals surface area contributed by atoms with Crippen LogP contribution in [0.15, 0.2) is 12.2 Å². The molecule has 0 aromatic carbocycles. The molecule has 0 spiro atoms. The average Bonchev–Trinajstić information content (AvgIpc) is 2.26. The standard InChI is InChI=1S/C13H27NO/c1-2-3-4-5-6-7-8-9-10-11-13(15)12-14/h10-11,13,15H,2-9,12,14H2,1H3/b11-10+/t13-/m1/s1. The Bertz CT molecular complexity index is 145. The van der Waals surface area contributed by atoms with E-state index in [1.54, 1.807) is 6.08 Å². The van der Waals surface area contributed by atoms with E-state index >= 15 is 0 Å². The van der Waals surface area contributed by atoms with E-state index in [-0.39, 0.29) is 0 Å². The van der Waals surface area contributed by atoms with Gasteiger partial charge in [-0.05, 0) is 12.8 Å². The molecule has 0 unspecified atom stereocenters. The van der Waals surface area contributed by atoms with Gasteiger partial charge >= 0.3 is 0 Å². The van der Waals surface area contributed by atoms with Crippen molar-refractivity contribution in [3.8, 4) is 0 Å². The zero-order chi connectivity index (χ0) is 11.4. The predicted molar refractivity (Wildman–Crippen MR) is 66.8 cm³/mol. The lowest BCUT2D eigenvalue weighted by molar-refractivity contribution is 0.231. The quantitative estimate of drug-likeness (QED) is 0.433. The highest BCUT2D eigenvalue weighted by Crippen LogP contribution is 2.08. The number of hydrogen-bond donors (Lipinski definition) is 2. The molecule has 0 aliphatic rings. The van der Waals surface area contributed by atoms with Crippen molar-refractivity contribution in [2.45, 2.75) is 64.4 Å². The molecule has 0 aliphatic carbocycles. The van der Waals surface area contributed by atoms with Crippen molar-refractivity contribution in [1.82, 2.24) is 0 Å². The van der Waals surface area contributed by atoms with Crippen LogP contribution in [0.1, 0.15) is 58.3 Å². The Morgan fingerprint density at radius 2 is 1.67 bits per heavy atom. The molecule has 0 bridgehead atoms. The first-order chi connectivity index (χ1) is 7.31. The fraction of sp³-hybridized carbons (Fsp3) is 0.846. The molecule has 2 nitrogen and oxygen atoms in total. The highest BCUT2D eigenvalue weighted by Gasteiger charge is 1.92. The number of allylic oxidation sites excluding steroid dienone is 1. The summed E-state index contributed by atoms with van der Waals surface area (Å²) in [4.78, 5) is 0. The van der Waals surface area contributed by atoms with E-state index < -0.39 is 6.10 Å². The third-order valence-corrected chi connectivity index (χ3v) is 2.57. The van der Waals surface area contributed by atoms with Crippen LogP contribution < -0.4 is 5.73 Å². The van der Waals surface area contributed by atoms with Gasteiger partial charge in [-0.15, -0.1) is 0 Å². The van der Waals surface area contributed by atoms with Crippen molar-refractivity contribution >= 4 is 0 Å². The Morgan fingerprint density at radius 1 is 1.07 bits per heavy atom. The zero-order valence-electron chi connectivity index (χ0n) is 10.1. The molecule has 90 valence electrons. The van der Waals surface area contributed by atoms with Crippen LogP contribution in [-0.2, 0) is 0 Å². The Hall–Kier alpha value is -0.340. The van der Waals surface area contributed by atoms with Gasteiger partial charge in [0, 0.05) is 6.54 Å². The minimum atomic E-state index is -0.449. The van der Waals surface area contributed by atoms with E-state index in [1.807, 2.05) is 6.08 Å². The summed E-state index contributed by atoms with van der Waals surface area (Å²) in [6.07, 6.45) is 13.8. The van der Waals surface area contributed by atoms with Crippen molar-refractivity contribution in [3.63, 3.8) is 0 Å². The molecular weight excluding hydrogens is 186 g/mol. The molecule has 1 atom stereocenters. The lowest BCUT2D eigenvalue weighted by Crippen LogP contribution is -2.16. The zero-order valence-corrected chi connectivity index (χ0v) is 10.1. The van der Waals surface area contributed by atoms with Gasteiger partial charge < -0.3 is 10.8 Å². The monoisotopic (exact) mass is 213 g/mol. The van der Waals surface area contributed by atoms with E-state index in [4.69, 9.17) is 10.8 Å². The first kappa shape index (κ1) is 14.7. The van der Waals surface area contributed by atoms with Crippen LogP contribution in [0.5, 0.6) is 0 Å². The Morgan fingerprint density at radius 3 is 2.27 bits per heavy atom. The second-order valence-corrected chi connectivity index (χ2v) is 4.14. The number of rotatable bonds is 10. The Labute approximate surface area is 94.6 Å².